The molecule has 0 bridgehead atoms. The number of hydrogen-bond donors (Lipinski definition) is 2. The monoisotopic (exact) mass is 302 g/mol. The minimum Gasteiger partial charge on any atom is -0.380 e. The summed E-state index contributed by atoms with van der Waals surface area (Å²) in [5, 5.41) is 14.9. The summed E-state index contributed by atoms with van der Waals surface area (Å²) >= 11 is 0. The van der Waals surface area contributed by atoms with Crippen molar-refractivity contribution in [2.75, 3.05) is 25.3 Å². The van der Waals surface area contributed by atoms with Crippen LogP contribution in [-0.4, -0.2) is 46.8 Å². The summed E-state index contributed by atoms with van der Waals surface area (Å²) in [5.41, 5.74) is 0.265. The molecule has 1 amide bonds. The van der Waals surface area contributed by atoms with E-state index in [1.165, 1.54) is 7.11 Å². The van der Waals surface area contributed by atoms with Crippen LogP contribution in [-0.2, 0) is 9.63 Å². The third-order valence-electron chi connectivity index (χ3n) is 3.89. The third kappa shape index (κ3) is 2.54. The second-order valence-electron chi connectivity index (χ2n) is 5.26. The maximum Gasteiger partial charge on any atom is 0.282 e. The Hall–Kier alpha value is -2.09. The van der Waals surface area contributed by atoms with Crippen LogP contribution in [0.15, 0.2) is 30.6 Å². The first-order valence-corrected chi connectivity index (χ1v) is 7.17. The number of aliphatic hydroxyl groups is 1. The molecule has 2 N–H and O–H groups in total. The number of carbonyl (C=O) groups excluding carboxylic acids is 1. The number of hydroxylamine groups is 1. The number of hydrogen-bond acceptors (Lipinski definition) is 6. The highest BCUT2D eigenvalue weighted by Gasteiger charge is 2.41. The zero-order valence-corrected chi connectivity index (χ0v) is 12.3. The fourth-order valence-corrected chi connectivity index (χ4v) is 2.66. The van der Waals surface area contributed by atoms with Crippen molar-refractivity contribution in [1.29, 1.82) is 0 Å². The second kappa shape index (κ2) is 5.96. The van der Waals surface area contributed by atoms with Crippen molar-refractivity contribution >= 4 is 22.6 Å². The Morgan fingerprint density at radius 1 is 1.32 bits per heavy atom. The topological polar surface area (TPSA) is 87.6 Å². The summed E-state index contributed by atoms with van der Waals surface area (Å²) < 4.78 is 0. The molecule has 3 rings (SSSR count). The number of nitrogens with one attached hydrogen (secondary N) is 1. The van der Waals surface area contributed by atoms with Gasteiger partial charge in [-0.2, -0.15) is 5.06 Å². The van der Waals surface area contributed by atoms with Gasteiger partial charge in [-0.15, -0.1) is 0 Å². The molecule has 0 saturated carbocycles. The van der Waals surface area contributed by atoms with Gasteiger partial charge in [0.2, 0.25) is 0 Å². The Morgan fingerprint density at radius 3 is 2.82 bits per heavy atom. The Bertz CT molecular complexity index is 680. The quantitative estimate of drug-likeness (QED) is 0.809. The lowest BCUT2D eigenvalue weighted by Crippen LogP contribution is -2.54. The summed E-state index contributed by atoms with van der Waals surface area (Å²) in [6.45, 7) is 1.18. The first-order valence-electron chi connectivity index (χ1n) is 7.17. The Morgan fingerprint density at radius 2 is 2.09 bits per heavy atom. The normalized spacial score (nSPS) is 17.4. The predicted octanol–water partition coefficient (Wildman–Crippen LogP) is 0.639. The van der Waals surface area contributed by atoms with E-state index < -0.39 is 11.5 Å². The summed E-state index contributed by atoms with van der Waals surface area (Å²) in [6, 6.07) is 5.24. The first-order chi connectivity index (χ1) is 10.7. The minimum atomic E-state index is -1.42. The molecule has 1 aliphatic rings. The number of rotatable bonds is 3. The van der Waals surface area contributed by atoms with Gasteiger partial charge in [0.1, 0.15) is 16.8 Å². The lowest BCUT2D eigenvalue weighted by molar-refractivity contribution is -0.146. The summed E-state index contributed by atoms with van der Waals surface area (Å²) in [7, 11) is 1.40. The molecule has 116 valence electrons. The highest BCUT2D eigenvalue weighted by Crippen LogP contribution is 2.28. The summed E-state index contributed by atoms with van der Waals surface area (Å²) in [5.74, 6) is -0.477. The van der Waals surface area contributed by atoms with Crippen molar-refractivity contribution in [3.05, 3.63) is 30.6 Å². The van der Waals surface area contributed by atoms with Crippen LogP contribution in [0.25, 0.3) is 11.0 Å². The fraction of sp³-hybridized carbons (Fsp3) is 0.400. The summed E-state index contributed by atoms with van der Waals surface area (Å²) in [4.78, 5) is 26.5. The number of amides is 1. The highest BCUT2D eigenvalue weighted by molar-refractivity contribution is 6.03. The van der Waals surface area contributed by atoms with Gasteiger partial charge >= 0.3 is 0 Å². The summed E-state index contributed by atoms with van der Waals surface area (Å²) in [6.07, 6.45) is 3.92. The average Bonchev–Trinajstić information content (AvgIpc) is 2.56. The second-order valence-corrected chi connectivity index (χ2v) is 5.26. The molecule has 1 saturated heterocycles. The van der Waals surface area contributed by atoms with E-state index in [4.69, 9.17) is 4.84 Å². The molecule has 0 atom stereocenters. The van der Waals surface area contributed by atoms with Gasteiger partial charge in [-0.25, -0.2) is 0 Å². The van der Waals surface area contributed by atoms with E-state index in [1.54, 1.807) is 24.5 Å². The molecule has 0 radical (unpaired) electrons. The van der Waals surface area contributed by atoms with Crippen LogP contribution in [0, 0.1) is 0 Å². The molecule has 1 fully saturated rings. The van der Waals surface area contributed by atoms with Crippen LogP contribution >= 0.6 is 0 Å². The number of aromatic nitrogens is 2. The van der Waals surface area contributed by atoms with E-state index in [1.807, 2.05) is 6.07 Å². The van der Waals surface area contributed by atoms with Crippen LogP contribution in [0.3, 0.4) is 0 Å². The van der Waals surface area contributed by atoms with Crippen molar-refractivity contribution < 1.29 is 14.7 Å². The van der Waals surface area contributed by atoms with E-state index >= 15 is 0 Å². The van der Waals surface area contributed by atoms with Crippen LogP contribution < -0.4 is 10.4 Å². The van der Waals surface area contributed by atoms with Crippen LogP contribution in [0.4, 0.5) is 5.69 Å². The molecular formula is C15H18N4O3. The van der Waals surface area contributed by atoms with Crippen LogP contribution in [0.2, 0.25) is 0 Å². The molecule has 0 aliphatic carbocycles. The first kappa shape index (κ1) is 14.8. The number of pyridine rings is 2. The molecule has 1 aliphatic heterocycles. The maximum atomic E-state index is 12.8. The van der Waals surface area contributed by atoms with Gasteiger partial charge in [-0.3, -0.25) is 19.6 Å². The minimum absolute atomic E-state index is 0.349. The standard InChI is InChI=1S/C15H18N4O3/c1-22-19(14(20)15(21)5-9-16-10-6-15)12-4-8-17-11-3-2-7-18-13(11)12/h2-4,7-8,16,21H,5-6,9-10H2,1H3. The molecule has 0 unspecified atom stereocenters. The van der Waals surface area contributed by atoms with Gasteiger partial charge < -0.3 is 10.4 Å². The van der Waals surface area contributed by atoms with Gasteiger partial charge in [-0.05, 0) is 44.1 Å². The van der Waals surface area contributed by atoms with Crippen LogP contribution in [0.1, 0.15) is 12.8 Å². The van der Waals surface area contributed by atoms with Gasteiger partial charge in [0.05, 0.1) is 12.6 Å². The fourth-order valence-electron chi connectivity index (χ4n) is 2.66. The van der Waals surface area contributed by atoms with Crippen molar-refractivity contribution in [3.8, 4) is 0 Å². The zero-order valence-electron chi connectivity index (χ0n) is 12.3. The van der Waals surface area contributed by atoms with E-state index in [0.29, 0.717) is 42.7 Å². The lowest BCUT2D eigenvalue weighted by Gasteiger charge is -2.34. The molecule has 7 heteroatoms. The average molecular weight is 302 g/mol. The molecular weight excluding hydrogens is 284 g/mol. The van der Waals surface area contributed by atoms with Crippen LogP contribution in [0.5, 0.6) is 0 Å². The van der Waals surface area contributed by atoms with Crippen molar-refractivity contribution in [2.24, 2.45) is 0 Å². The molecule has 0 aromatic carbocycles. The van der Waals surface area contributed by atoms with E-state index in [-0.39, 0.29) is 0 Å². The predicted molar refractivity (Wildman–Crippen MR) is 81.1 cm³/mol. The molecule has 3 heterocycles. The van der Waals surface area contributed by atoms with Crippen molar-refractivity contribution in [3.63, 3.8) is 0 Å². The number of fused-ring (bicyclic) bond motifs is 1. The van der Waals surface area contributed by atoms with Crippen molar-refractivity contribution in [1.82, 2.24) is 15.3 Å². The molecule has 22 heavy (non-hydrogen) atoms. The molecule has 0 spiro atoms. The van der Waals surface area contributed by atoms with Gasteiger partial charge in [0, 0.05) is 12.4 Å². The maximum absolute atomic E-state index is 12.8. The third-order valence-corrected chi connectivity index (χ3v) is 3.89. The molecule has 7 nitrogen and oxygen atoms in total. The Balaban J connectivity index is 2.01. The number of carbonyl (C=O) groups is 1. The SMILES string of the molecule is CON(C(=O)C1(O)CCNCC1)c1ccnc2cccnc12. The van der Waals surface area contributed by atoms with E-state index in [0.717, 1.165) is 5.06 Å². The Labute approximate surface area is 127 Å². The zero-order chi connectivity index (χ0) is 15.6. The molecule has 2 aromatic rings. The number of nitrogens with zero attached hydrogens (tertiary/aromatic N) is 3. The van der Waals surface area contributed by atoms with E-state index in [9.17, 15) is 9.90 Å². The largest absolute Gasteiger partial charge is 0.380 e. The van der Waals surface area contributed by atoms with Gasteiger partial charge in [0.25, 0.3) is 5.91 Å². The molecule has 2 aromatic heterocycles. The van der Waals surface area contributed by atoms with Crippen molar-refractivity contribution in [2.45, 2.75) is 18.4 Å². The van der Waals surface area contributed by atoms with E-state index in [2.05, 4.69) is 15.3 Å². The Kier molecular flexibility index (Phi) is 4.02. The number of anilines is 1. The lowest BCUT2D eigenvalue weighted by atomic mass is 9.91. The highest BCUT2D eigenvalue weighted by atomic mass is 16.7. The smallest absolute Gasteiger partial charge is 0.282 e. The number of piperidine rings is 1. The van der Waals surface area contributed by atoms with Gasteiger partial charge in [-0.1, -0.05) is 0 Å². The van der Waals surface area contributed by atoms with Gasteiger partial charge in [0.15, 0.2) is 0 Å².